The van der Waals surface area contributed by atoms with E-state index in [9.17, 15) is 13.2 Å². The Labute approximate surface area is 121 Å². The van der Waals surface area contributed by atoms with Crippen molar-refractivity contribution in [3.8, 4) is 0 Å². The van der Waals surface area contributed by atoms with Crippen LogP contribution in [0.2, 0.25) is 0 Å². The Balaban J connectivity index is 1.70. The van der Waals surface area contributed by atoms with E-state index in [0.29, 0.717) is 18.2 Å². The summed E-state index contributed by atoms with van der Waals surface area (Å²) in [5.74, 6) is 0.386. The summed E-state index contributed by atoms with van der Waals surface area (Å²) in [7, 11) is 0. The summed E-state index contributed by atoms with van der Waals surface area (Å²) in [6.07, 6.45) is -3.31. The Morgan fingerprint density at radius 1 is 1.14 bits per heavy atom. The monoisotopic (exact) mass is 291 g/mol. The average molecular weight is 291 g/mol. The Morgan fingerprint density at radius 2 is 1.90 bits per heavy atom. The molecule has 1 nitrogen and oxygen atoms in total. The first-order chi connectivity index (χ1) is 9.95. The van der Waals surface area contributed by atoms with Crippen LogP contribution < -0.4 is 5.32 Å². The fraction of sp³-hybridized carbons (Fsp3) is 0.294. The molecule has 0 amide bonds. The van der Waals surface area contributed by atoms with Crippen LogP contribution in [-0.4, -0.2) is 6.54 Å². The molecule has 0 spiro atoms. The lowest BCUT2D eigenvalue weighted by molar-refractivity contribution is -0.138. The van der Waals surface area contributed by atoms with E-state index in [1.165, 1.54) is 30.2 Å². The molecule has 0 saturated heterocycles. The number of nitrogens with one attached hydrogen (secondary N) is 1. The van der Waals surface area contributed by atoms with Crippen molar-refractivity contribution < 1.29 is 13.2 Å². The molecule has 0 heterocycles. The van der Waals surface area contributed by atoms with Crippen LogP contribution in [-0.2, 0) is 12.6 Å². The zero-order valence-electron chi connectivity index (χ0n) is 11.7. The van der Waals surface area contributed by atoms with Crippen LogP contribution in [0.15, 0.2) is 42.5 Å². The number of fused-ring (bicyclic) bond motifs is 1. The number of aryl methyl sites for hydroxylation is 1. The van der Waals surface area contributed by atoms with E-state index in [0.717, 1.165) is 6.42 Å². The van der Waals surface area contributed by atoms with Gasteiger partial charge in [-0.3, -0.25) is 0 Å². The molecule has 1 aliphatic carbocycles. The van der Waals surface area contributed by atoms with Crippen LogP contribution in [0.5, 0.6) is 0 Å². The highest BCUT2D eigenvalue weighted by Gasteiger charge is 2.32. The second kappa shape index (κ2) is 5.10. The largest absolute Gasteiger partial charge is 0.416 e. The van der Waals surface area contributed by atoms with E-state index >= 15 is 0 Å². The molecular formula is C17H16F3N. The molecule has 0 saturated carbocycles. The maximum atomic E-state index is 12.9. The number of alkyl halides is 3. The summed E-state index contributed by atoms with van der Waals surface area (Å²) >= 11 is 0. The van der Waals surface area contributed by atoms with Crippen molar-refractivity contribution in [2.75, 3.05) is 11.9 Å². The topological polar surface area (TPSA) is 12.0 Å². The van der Waals surface area contributed by atoms with Crippen LogP contribution in [0.25, 0.3) is 0 Å². The summed E-state index contributed by atoms with van der Waals surface area (Å²) < 4.78 is 38.6. The first-order valence-electron chi connectivity index (χ1n) is 6.94. The molecule has 2 aromatic rings. The standard InChI is InChI=1S/C17H16F3N/c1-11-6-7-14(9-16(11)17(18,19)20)21-10-13-8-12-4-2-3-5-15(12)13/h2-7,9,13,21H,8,10H2,1H3. The number of anilines is 1. The van der Waals surface area contributed by atoms with Gasteiger partial charge in [0.05, 0.1) is 5.56 Å². The van der Waals surface area contributed by atoms with E-state index in [1.807, 2.05) is 12.1 Å². The molecule has 0 aliphatic heterocycles. The molecular weight excluding hydrogens is 275 g/mol. The highest BCUT2D eigenvalue weighted by Crippen LogP contribution is 2.36. The molecule has 3 rings (SSSR count). The van der Waals surface area contributed by atoms with Crippen LogP contribution in [0.3, 0.4) is 0 Å². The Bertz CT molecular complexity index is 661. The van der Waals surface area contributed by atoms with Gasteiger partial charge in [-0.2, -0.15) is 13.2 Å². The molecule has 1 N–H and O–H groups in total. The van der Waals surface area contributed by atoms with Crippen LogP contribution in [0.1, 0.15) is 28.2 Å². The van der Waals surface area contributed by atoms with Gasteiger partial charge in [0.2, 0.25) is 0 Å². The van der Waals surface area contributed by atoms with E-state index in [2.05, 4.69) is 17.4 Å². The summed E-state index contributed by atoms with van der Waals surface area (Å²) in [5, 5.41) is 3.13. The van der Waals surface area contributed by atoms with Crippen molar-refractivity contribution in [2.45, 2.75) is 25.4 Å². The quantitative estimate of drug-likeness (QED) is 0.859. The Morgan fingerprint density at radius 3 is 2.62 bits per heavy atom. The predicted molar refractivity (Wildman–Crippen MR) is 77.6 cm³/mol. The lowest BCUT2D eigenvalue weighted by Crippen LogP contribution is -2.24. The third-order valence-electron chi connectivity index (χ3n) is 4.06. The number of halogens is 3. The molecule has 0 bridgehead atoms. The minimum Gasteiger partial charge on any atom is -0.384 e. The lowest BCUT2D eigenvalue weighted by Gasteiger charge is -2.30. The molecule has 4 heteroatoms. The smallest absolute Gasteiger partial charge is 0.384 e. The van der Waals surface area contributed by atoms with Gasteiger partial charge in [0.1, 0.15) is 0 Å². The lowest BCUT2D eigenvalue weighted by atomic mass is 9.77. The molecule has 1 unspecified atom stereocenters. The fourth-order valence-corrected chi connectivity index (χ4v) is 2.82. The molecule has 1 aliphatic rings. The molecule has 1 atom stereocenters. The van der Waals surface area contributed by atoms with Crippen molar-refractivity contribution in [1.82, 2.24) is 0 Å². The van der Waals surface area contributed by atoms with Crippen molar-refractivity contribution in [1.29, 1.82) is 0 Å². The summed E-state index contributed by atoms with van der Waals surface area (Å²) in [6, 6.07) is 12.6. The molecule has 0 radical (unpaired) electrons. The maximum absolute atomic E-state index is 12.9. The normalized spacial score (nSPS) is 17.0. The van der Waals surface area contributed by atoms with Crippen LogP contribution >= 0.6 is 0 Å². The van der Waals surface area contributed by atoms with Gasteiger partial charge in [-0.15, -0.1) is 0 Å². The second-order valence-corrected chi connectivity index (χ2v) is 5.51. The van der Waals surface area contributed by atoms with E-state index < -0.39 is 11.7 Å². The van der Waals surface area contributed by atoms with Gasteiger partial charge in [-0.25, -0.2) is 0 Å². The van der Waals surface area contributed by atoms with E-state index in [1.54, 1.807) is 6.07 Å². The zero-order chi connectivity index (χ0) is 15.0. The van der Waals surface area contributed by atoms with Gasteiger partial charge in [0, 0.05) is 18.2 Å². The summed E-state index contributed by atoms with van der Waals surface area (Å²) in [4.78, 5) is 0. The minimum atomic E-state index is -4.30. The maximum Gasteiger partial charge on any atom is 0.416 e. The van der Waals surface area contributed by atoms with Gasteiger partial charge in [-0.05, 0) is 42.2 Å². The van der Waals surface area contributed by atoms with Crippen molar-refractivity contribution in [3.63, 3.8) is 0 Å². The zero-order valence-corrected chi connectivity index (χ0v) is 11.7. The van der Waals surface area contributed by atoms with E-state index in [-0.39, 0.29) is 5.56 Å². The minimum absolute atomic E-state index is 0.252. The highest BCUT2D eigenvalue weighted by atomic mass is 19.4. The molecule has 21 heavy (non-hydrogen) atoms. The molecule has 0 aromatic heterocycles. The predicted octanol–water partition coefficient (Wildman–Crippen LogP) is 4.77. The second-order valence-electron chi connectivity index (χ2n) is 5.51. The van der Waals surface area contributed by atoms with Crippen molar-refractivity contribution >= 4 is 5.69 Å². The van der Waals surface area contributed by atoms with Gasteiger partial charge in [-0.1, -0.05) is 30.3 Å². The van der Waals surface area contributed by atoms with Crippen molar-refractivity contribution in [3.05, 3.63) is 64.7 Å². The highest BCUT2D eigenvalue weighted by molar-refractivity contribution is 5.50. The van der Waals surface area contributed by atoms with Gasteiger partial charge < -0.3 is 5.32 Å². The third-order valence-corrected chi connectivity index (χ3v) is 4.06. The van der Waals surface area contributed by atoms with Crippen LogP contribution in [0, 0.1) is 6.92 Å². The summed E-state index contributed by atoms with van der Waals surface area (Å²) in [5.41, 5.74) is 2.85. The van der Waals surface area contributed by atoms with Gasteiger partial charge in [0.25, 0.3) is 0 Å². The number of benzene rings is 2. The van der Waals surface area contributed by atoms with Crippen molar-refractivity contribution in [2.24, 2.45) is 0 Å². The molecule has 110 valence electrons. The van der Waals surface area contributed by atoms with Gasteiger partial charge >= 0.3 is 6.18 Å². The van der Waals surface area contributed by atoms with E-state index in [4.69, 9.17) is 0 Å². The Hall–Kier alpha value is -1.97. The number of hydrogen-bond acceptors (Lipinski definition) is 1. The van der Waals surface area contributed by atoms with Crippen LogP contribution in [0.4, 0.5) is 18.9 Å². The first-order valence-corrected chi connectivity index (χ1v) is 6.94. The number of hydrogen-bond donors (Lipinski definition) is 1. The summed E-state index contributed by atoms with van der Waals surface area (Å²) in [6.45, 7) is 2.14. The molecule has 2 aromatic carbocycles. The SMILES string of the molecule is Cc1ccc(NCC2Cc3ccccc32)cc1C(F)(F)F. The third kappa shape index (κ3) is 2.75. The Kier molecular flexibility index (Phi) is 3.40. The molecule has 0 fully saturated rings. The average Bonchev–Trinajstić information content (AvgIpc) is 2.40. The van der Waals surface area contributed by atoms with Gasteiger partial charge in [0.15, 0.2) is 0 Å². The number of rotatable bonds is 3. The fourth-order valence-electron chi connectivity index (χ4n) is 2.82. The first kappa shape index (κ1) is 14.0.